The van der Waals surface area contributed by atoms with Gasteiger partial charge < -0.3 is 10.2 Å². The first kappa shape index (κ1) is 23.9. The Hall–Kier alpha value is -3.81. The van der Waals surface area contributed by atoms with Crippen LogP contribution in [0.1, 0.15) is 49.7 Å². The molecule has 36 heavy (non-hydrogen) atoms. The number of aryl methyl sites for hydroxylation is 1. The molecule has 2 N–H and O–H groups in total. The number of rotatable bonds is 5. The minimum atomic E-state index is -0.994. The number of allylic oxidation sites excluding steroid dienone is 6. The largest absolute Gasteiger partial charge is 0.507 e. The van der Waals surface area contributed by atoms with Crippen LogP contribution in [0.5, 0.6) is 5.75 Å². The summed E-state index contributed by atoms with van der Waals surface area (Å²) >= 11 is 0. The number of hydrogen-bond donors (Lipinski definition) is 2. The van der Waals surface area contributed by atoms with Gasteiger partial charge in [0, 0.05) is 41.2 Å². The highest BCUT2D eigenvalue weighted by Gasteiger charge is 2.56. The second-order valence-corrected chi connectivity index (χ2v) is 10.1. The molecule has 1 aliphatic heterocycles. The van der Waals surface area contributed by atoms with Crippen LogP contribution in [0.25, 0.3) is 0 Å². The molecule has 3 aliphatic carbocycles. The Morgan fingerprint density at radius 1 is 1.08 bits per heavy atom. The minimum Gasteiger partial charge on any atom is -0.507 e. The van der Waals surface area contributed by atoms with E-state index in [-0.39, 0.29) is 54.9 Å². The lowest BCUT2D eigenvalue weighted by atomic mass is 9.59. The predicted molar refractivity (Wildman–Crippen MR) is 128 cm³/mol. The van der Waals surface area contributed by atoms with E-state index in [1.807, 2.05) is 6.08 Å². The van der Waals surface area contributed by atoms with E-state index in [1.165, 1.54) is 6.08 Å². The van der Waals surface area contributed by atoms with Crippen LogP contribution in [-0.2, 0) is 24.0 Å². The molecule has 0 spiro atoms. The fraction of sp³-hybridized carbons (Fsp3) is 0.393. The highest BCUT2D eigenvalue weighted by atomic mass is 16.4. The maximum Gasteiger partial charge on any atom is 0.303 e. The summed E-state index contributed by atoms with van der Waals surface area (Å²) in [7, 11) is 0. The predicted octanol–water partition coefficient (Wildman–Crippen LogP) is 2.99. The molecule has 0 aromatic heterocycles. The lowest BCUT2D eigenvalue weighted by Gasteiger charge is -2.42. The number of phenolic OH excluding ortho intramolecular Hbond substituents is 1. The van der Waals surface area contributed by atoms with E-state index in [9.17, 15) is 29.1 Å². The number of carboxylic acid groups (broad SMARTS) is 1. The third-order valence-corrected chi connectivity index (χ3v) is 8.01. The average Bonchev–Trinajstić information content (AvgIpc) is 3.08. The number of imide groups is 1. The minimum absolute atomic E-state index is 0.0361. The zero-order valence-corrected chi connectivity index (χ0v) is 20.1. The van der Waals surface area contributed by atoms with Crippen LogP contribution in [-0.4, -0.2) is 51.0 Å². The summed E-state index contributed by atoms with van der Waals surface area (Å²) in [5.74, 6) is -4.61. The molecule has 8 heteroatoms. The maximum absolute atomic E-state index is 13.5. The number of para-hydroxylation sites is 1. The quantitative estimate of drug-likeness (QED) is 0.370. The molecule has 4 aliphatic rings. The van der Waals surface area contributed by atoms with Crippen molar-refractivity contribution < 1.29 is 34.2 Å². The second-order valence-electron chi connectivity index (χ2n) is 10.1. The van der Waals surface area contributed by atoms with Gasteiger partial charge in [-0.1, -0.05) is 29.8 Å². The van der Waals surface area contributed by atoms with Crippen LogP contribution in [0.3, 0.4) is 0 Å². The first-order chi connectivity index (χ1) is 17.1. The molecular weight excluding hydrogens is 462 g/mol. The fourth-order valence-electron chi connectivity index (χ4n) is 6.31. The van der Waals surface area contributed by atoms with Crippen LogP contribution >= 0.6 is 0 Å². The molecule has 0 bridgehead atoms. The highest BCUT2D eigenvalue weighted by Crippen LogP contribution is 2.56. The van der Waals surface area contributed by atoms with Gasteiger partial charge in [0.25, 0.3) is 0 Å². The first-order valence-electron chi connectivity index (χ1n) is 12.2. The second kappa shape index (κ2) is 8.69. The number of carboxylic acids is 1. The molecule has 2 amide bonds. The number of likely N-dealkylation sites (tertiary alicyclic amines) is 1. The third kappa shape index (κ3) is 3.54. The lowest BCUT2D eigenvalue weighted by molar-refractivity contribution is -0.142. The number of aliphatic carboxylic acids is 1. The molecule has 5 rings (SSSR count). The monoisotopic (exact) mass is 489 g/mol. The fourth-order valence-corrected chi connectivity index (χ4v) is 6.31. The molecule has 0 radical (unpaired) electrons. The number of carbonyl (C=O) groups is 5. The average molecular weight is 490 g/mol. The number of nitrogens with zero attached hydrogens (tertiary/aromatic N) is 1. The van der Waals surface area contributed by atoms with Gasteiger partial charge in [-0.2, -0.15) is 0 Å². The number of benzene rings is 1. The Balaban J connectivity index is 1.60. The normalized spacial score (nSPS) is 27.4. The SMILES string of the molecule is CC1=CC(=O)C2=C(C1=O)C(c1cccc(C)c1O)C1=CCC3C(=O)N(CCCC(=O)O)C(=O)C3C1C2. The third-order valence-electron chi connectivity index (χ3n) is 8.01. The topological polar surface area (TPSA) is 129 Å². The molecule has 4 atom stereocenters. The van der Waals surface area contributed by atoms with Crippen LogP contribution in [0, 0.1) is 24.7 Å². The molecule has 1 fully saturated rings. The number of aromatic hydroxyl groups is 1. The molecule has 1 saturated heterocycles. The van der Waals surface area contributed by atoms with Gasteiger partial charge in [-0.05, 0) is 50.7 Å². The number of carbonyl (C=O) groups excluding carboxylic acids is 4. The van der Waals surface area contributed by atoms with Crippen molar-refractivity contribution in [1.82, 2.24) is 4.90 Å². The van der Waals surface area contributed by atoms with Crippen LogP contribution in [0.15, 0.2) is 52.6 Å². The molecule has 8 nitrogen and oxygen atoms in total. The van der Waals surface area contributed by atoms with Gasteiger partial charge in [-0.25, -0.2) is 0 Å². The van der Waals surface area contributed by atoms with Gasteiger partial charge in [-0.3, -0.25) is 28.9 Å². The summed E-state index contributed by atoms with van der Waals surface area (Å²) in [6.45, 7) is 3.39. The van der Waals surface area contributed by atoms with Gasteiger partial charge in [0.15, 0.2) is 11.6 Å². The summed E-state index contributed by atoms with van der Waals surface area (Å²) in [5, 5.41) is 19.9. The van der Waals surface area contributed by atoms with Crippen LogP contribution in [0.2, 0.25) is 0 Å². The van der Waals surface area contributed by atoms with Crippen LogP contribution in [0.4, 0.5) is 0 Å². The Morgan fingerprint density at radius 3 is 2.56 bits per heavy atom. The Kier molecular flexibility index (Phi) is 5.77. The molecule has 1 aromatic rings. The standard InChI is InChI=1S/C28H27NO7/c1-13-5-3-6-16(25(13)33)22-15-8-9-17-23(28(36)29(27(17)35)10-4-7-21(31)32)18(15)12-19-20(30)11-14(2)26(34)24(19)22/h3,5-6,8,11,17-18,22-23,33H,4,7,9-10,12H2,1-2H3,(H,31,32). The summed E-state index contributed by atoms with van der Waals surface area (Å²) in [6.07, 6.45) is 3.72. The Bertz CT molecular complexity index is 1330. The summed E-state index contributed by atoms with van der Waals surface area (Å²) in [5.41, 5.74) is 2.92. The Labute approximate surface area is 208 Å². The number of fused-ring (bicyclic) bond motifs is 3. The zero-order valence-electron chi connectivity index (χ0n) is 20.1. The van der Waals surface area contributed by atoms with Crippen molar-refractivity contribution in [3.05, 3.63) is 63.8 Å². The molecule has 1 heterocycles. The van der Waals surface area contributed by atoms with E-state index in [2.05, 4.69) is 0 Å². The molecule has 0 saturated carbocycles. The van der Waals surface area contributed by atoms with E-state index in [1.54, 1.807) is 32.0 Å². The van der Waals surface area contributed by atoms with Crippen molar-refractivity contribution in [3.63, 3.8) is 0 Å². The van der Waals surface area contributed by atoms with Crippen molar-refractivity contribution in [1.29, 1.82) is 0 Å². The lowest BCUT2D eigenvalue weighted by Crippen LogP contribution is -2.40. The summed E-state index contributed by atoms with van der Waals surface area (Å²) in [6, 6.07) is 5.28. The van der Waals surface area contributed by atoms with Gasteiger partial charge >= 0.3 is 5.97 Å². The van der Waals surface area contributed by atoms with E-state index in [4.69, 9.17) is 5.11 Å². The van der Waals surface area contributed by atoms with Crippen LogP contribution < -0.4 is 0 Å². The van der Waals surface area contributed by atoms with E-state index in [0.717, 1.165) is 10.5 Å². The van der Waals surface area contributed by atoms with Crippen molar-refractivity contribution in [2.24, 2.45) is 17.8 Å². The van der Waals surface area contributed by atoms with Crippen molar-refractivity contribution >= 4 is 29.4 Å². The number of ketones is 2. The smallest absolute Gasteiger partial charge is 0.303 e. The van der Waals surface area contributed by atoms with E-state index in [0.29, 0.717) is 34.3 Å². The van der Waals surface area contributed by atoms with Gasteiger partial charge in [0.2, 0.25) is 11.8 Å². The van der Waals surface area contributed by atoms with Gasteiger partial charge in [-0.15, -0.1) is 0 Å². The van der Waals surface area contributed by atoms with Crippen molar-refractivity contribution in [3.8, 4) is 5.75 Å². The number of hydrogen-bond acceptors (Lipinski definition) is 6. The highest BCUT2D eigenvalue weighted by molar-refractivity contribution is 6.24. The zero-order chi connectivity index (χ0) is 25.9. The molecular formula is C28H27NO7. The maximum atomic E-state index is 13.5. The van der Waals surface area contributed by atoms with Crippen molar-refractivity contribution in [2.75, 3.05) is 6.54 Å². The van der Waals surface area contributed by atoms with E-state index < -0.39 is 29.6 Å². The summed E-state index contributed by atoms with van der Waals surface area (Å²) in [4.78, 5) is 65.2. The molecule has 1 aromatic carbocycles. The van der Waals surface area contributed by atoms with Gasteiger partial charge in [0.05, 0.1) is 11.8 Å². The molecule has 4 unspecified atom stereocenters. The number of Topliss-reactive ketones (excluding diaryl/α,β-unsaturated/α-hetero) is 1. The molecule has 186 valence electrons. The first-order valence-corrected chi connectivity index (χ1v) is 12.2. The number of phenols is 1. The Morgan fingerprint density at radius 2 is 1.83 bits per heavy atom. The summed E-state index contributed by atoms with van der Waals surface area (Å²) < 4.78 is 0. The van der Waals surface area contributed by atoms with Crippen molar-refractivity contribution in [2.45, 2.75) is 45.4 Å². The van der Waals surface area contributed by atoms with Gasteiger partial charge in [0.1, 0.15) is 5.75 Å². The number of amides is 2. The van der Waals surface area contributed by atoms with E-state index >= 15 is 0 Å².